The Morgan fingerprint density at radius 1 is 1.15 bits per heavy atom. The van der Waals surface area contributed by atoms with Crippen LogP contribution in [0.25, 0.3) is 0 Å². The Balaban J connectivity index is 3.07. The minimum atomic E-state index is 0.315. The van der Waals surface area contributed by atoms with Crippen LogP contribution in [0.1, 0.15) is 46.5 Å². The summed E-state index contributed by atoms with van der Waals surface area (Å²) in [6.07, 6.45) is 4.56. The molecule has 0 N–H and O–H groups in total. The quantitative estimate of drug-likeness (QED) is 0.433. The van der Waals surface area contributed by atoms with Gasteiger partial charge in [-0.1, -0.05) is 27.2 Å². The Morgan fingerprint density at radius 2 is 1.77 bits per heavy atom. The third-order valence-electron chi connectivity index (χ3n) is 2.13. The first-order chi connectivity index (χ1) is 6.18. The SMILES string of the molecule is CCCCOCCCC(Cl)C(C)C. The van der Waals surface area contributed by atoms with Crippen molar-refractivity contribution < 1.29 is 4.74 Å². The highest BCUT2D eigenvalue weighted by molar-refractivity contribution is 6.20. The van der Waals surface area contributed by atoms with Gasteiger partial charge in [0.25, 0.3) is 0 Å². The van der Waals surface area contributed by atoms with E-state index in [2.05, 4.69) is 20.8 Å². The summed E-state index contributed by atoms with van der Waals surface area (Å²) in [7, 11) is 0. The van der Waals surface area contributed by atoms with Gasteiger partial charge in [-0.3, -0.25) is 0 Å². The molecule has 0 rings (SSSR count). The summed E-state index contributed by atoms with van der Waals surface area (Å²) in [6, 6.07) is 0. The van der Waals surface area contributed by atoms with Crippen LogP contribution in [0.5, 0.6) is 0 Å². The second-order valence-electron chi connectivity index (χ2n) is 3.87. The average molecular weight is 207 g/mol. The fourth-order valence-electron chi connectivity index (χ4n) is 1.06. The fraction of sp³-hybridized carbons (Fsp3) is 1.00. The van der Waals surface area contributed by atoms with Gasteiger partial charge in [0.15, 0.2) is 0 Å². The van der Waals surface area contributed by atoms with Crippen LogP contribution in [-0.2, 0) is 4.74 Å². The maximum atomic E-state index is 6.10. The molecule has 0 saturated heterocycles. The van der Waals surface area contributed by atoms with E-state index >= 15 is 0 Å². The van der Waals surface area contributed by atoms with Gasteiger partial charge in [0.2, 0.25) is 0 Å². The Bertz CT molecular complexity index is 104. The Kier molecular flexibility index (Phi) is 9.00. The summed E-state index contributed by atoms with van der Waals surface area (Å²) in [5, 5.41) is 0.315. The first-order valence-corrected chi connectivity index (χ1v) is 5.84. The first kappa shape index (κ1) is 13.2. The molecule has 0 fully saturated rings. The van der Waals surface area contributed by atoms with Crippen LogP contribution in [0.2, 0.25) is 0 Å². The van der Waals surface area contributed by atoms with Crippen LogP contribution >= 0.6 is 11.6 Å². The standard InChI is InChI=1S/C11H23ClO/c1-4-5-8-13-9-6-7-11(12)10(2)3/h10-11H,4-9H2,1-3H3. The molecule has 1 nitrogen and oxygen atoms in total. The largest absolute Gasteiger partial charge is 0.381 e. The minimum Gasteiger partial charge on any atom is -0.381 e. The highest BCUT2D eigenvalue weighted by Gasteiger charge is 2.08. The van der Waals surface area contributed by atoms with Crippen molar-refractivity contribution in [2.75, 3.05) is 13.2 Å². The fourth-order valence-corrected chi connectivity index (χ4v) is 1.22. The highest BCUT2D eigenvalue weighted by Crippen LogP contribution is 2.15. The van der Waals surface area contributed by atoms with Crippen molar-refractivity contribution in [3.05, 3.63) is 0 Å². The number of hydrogen-bond acceptors (Lipinski definition) is 1. The van der Waals surface area contributed by atoms with Gasteiger partial charge in [-0.15, -0.1) is 11.6 Å². The van der Waals surface area contributed by atoms with E-state index in [-0.39, 0.29) is 0 Å². The van der Waals surface area contributed by atoms with E-state index in [1.54, 1.807) is 0 Å². The number of ether oxygens (including phenoxy) is 1. The highest BCUT2D eigenvalue weighted by atomic mass is 35.5. The number of hydrogen-bond donors (Lipinski definition) is 0. The van der Waals surface area contributed by atoms with Crippen LogP contribution in [0.3, 0.4) is 0 Å². The third kappa shape index (κ3) is 8.58. The molecule has 0 aromatic carbocycles. The predicted octanol–water partition coefficient (Wildman–Crippen LogP) is 3.85. The lowest BCUT2D eigenvalue weighted by Crippen LogP contribution is -2.09. The van der Waals surface area contributed by atoms with E-state index in [1.165, 1.54) is 12.8 Å². The van der Waals surface area contributed by atoms with Crippen molar-refractivity contribution in [1.29, 1.82) is 0 Å². The van der Waals surface area contributed by atoms with Gasteiger partial charge in [-0.25, -0.2) is 0 Å². The van der Waals surface area contributed by atoms with Gasteiger partial charge in [0.05, 0.1) is 0 Å². The third-order valence-corrected chi connectivity index (χ3v) is 2.86. The summed E-state index contributed by atoms with van der Waals surface area (Å²) < 4.78 is 5.45. The van der Waals surface area contributed by atoms with Gasteiger partial charge in [-0.2, -0.15) is 0 Å². The van der Waals surface area contributed by atoms with E-state index < -0.39 is 0 Å². The summed E-state index contributed by atoms with van der Waals surface area (Å²) >= 11 is 6.10. The van der Waals surface area contributed by atoms with Crippen LogP contribution in [0.4, 0.5) is 0 Å². The molecule has 0 saturated carbocycles. The van der Waals surface area contributed by atoms with E-state index in [4.69, 9.17) is 16.3 Å². The lowest BCUT2D eigenvalue weighted by Gasteiger charge is -2.12. The molecule has 0 aliphatic rings. The molecular weight excluding hydrogens is 184 g/mol. The molecule has 1 unspecified atom stereocenters. The number of rotatable bonds is 8. The molecular formula is C11H23ClO. The lowest BCUT2D eigenvalue weighted by atomic mass is 10.1. The molecule has 1 atom stereocenters. The molecule has 0 aromatic rings. The molecule has 0 bridgehead atoms. The molecule has 0 spiro atoms. The first-order valence-electron chi connectivity index (χ1n) is 5.40. The average Bonchev–Trinajstić information content (AvgIpc) is 2.10. The zero-order chi connectivity index (χ0) is 10.1. The van der Waals surface area contributed by atoms with Gasteiger partial charge >= 0.3 is 0 Å². The van der Waals surface area contributed by atoms with Crippen molar-refractivity contribution in [2.24, 2.45) is 5.92 Å². The number of halogens is 1. The zero-order valence-electron chi connectivity index (χ0n) is 9.18. The summed E-state index contributed by atoms with van der Waals surface area (Å²) in [4.78, 5) is 0. The van der Waals surface area contributed by atoms with Crippen molar-refractivity contribution in [1.82, 2.24) is 0 Å². The molecule has 0 heterocycles. The zero-order valence-corrected chi connectivity index (χ0v) is 9.94. The smallest absolute Gasteiger partial charge is 0.0466 e. The molecule has 0 aliphatic heterocycles. The summed E-state index contributed by atoms with van der Waals surface area (Å²) in [6.45, 7) is 8.28. The molecule has 0 radical (unpaired) electrons. The molecule has 0 amide bonds. The van der Waals surface area contributed by atoms with Crippen LogP contribution in [-0.4, -0.2) is 18.6 Å². The maximum absolute atomic E-state index is 6.10. The Hall–Kier alpha value is 0.250. The second-order valence-corrected chi connectivity index (χ2v) is 4.43. The Morgan fingerprint density at radius 3 is 2.31 bits per heavy atom. The molecule has 0 aromatic heterocycles. The van der Waals surface area contributed by atoms with E-state index in [9.17, 15) is 0 Å². The van der Waals surface area contributed by atoms with Gasteiger partial charge in [0.1, 0.15) is 0 Å². The van der Waals surface area contributed by atoms with Gasteiger partial charge in [0, 0.05) is 18.6 Å². The van der Waals surface area contributed by atoms with Crippen molar-refractivity contribution in [2.45, 2.75) is 51.8 Å². The second kappa shape index (κ2) is 8.83. The Labute approximate surface area is 87.8 Å². The summed E-state index contributed by atoms with van der Waals surface area (Å²) in [5.74, 6) is 0.581. The van der Waals surface area contributed by atoms with Crippen molar-refractivity contribution in [3.63, 3.8) is 0 Å². The van der Waals surface area contributed by atoms with Gasteiger partial charge in [-0.05, 0) is 25.2 Å². The van der Waals surface area contributed by atoms with Crippen molar-refractivity contribution in [3.8, 4) is 0 Å². The van der Waals surface area contributed by atoms with Crippen LogP contribution in [0, 0.1) is 5.92 Å². The van der Waals surface area contributed by atoms with Gasteiger partial charge < -0.3 is 4.74 Å². The number of alkyl halides is 1. The van der Waals surface area contributed by atoms with Crippen LogP contribution in [0.15, 0.2) is 0 Å². The van der Waals surface area contributed by atoms with Crippen molar-refractivity contribution >= 4 is 11.6 Å². The summed E-state index contributed by atoms with van der Waals surface area (Å²) in [5.41, 5.74) is 0. The number of unbranched alkanes of at least 4 members (excludes halogenated alkanes) is 1. The lowest BCUT2D eigenvalue weighted by molar-refractivity contribution is 0.126. The molecule has 80 valence electrons. The monoisotopic (exact) mass is 206 g/mol. The van der Waals surface area contributed by atoms with E-state index in [1.807, 2.05) is 0 Å². The maximum Gasteiger partial charge on any atom is 0.0466 e. The molecule has 0 aliphatic carbocycles. The minimum absolute atomic E-state index is 0.315. The van der Waals surface area contributed by atoms with E-state index in [0.29, 0.717) is 11.3 Å². The topological polar surface area (TPSA) is 9.23 Å². The predicted molar refractivity (Wildman–Crippen MR) is 59.4 cm³/mol. The molecule has 2 heteroatoms. The normalized spacial score (nSPS) is 13.6. The van der Waals surface area contributed by atoms with Crippen LogP contribution < -0.4 is 0 Å². The van der Waals surface area contributed by atoms with E-state index in [0.717, 1.165) is 26.1 Å². The molecule has 13 heavy (non-hydrogen) atoms.